The lowest BCUT2D eigenvalue weighted by Crippen LogP contribution is -2.08. The molecule has 0 fully saturated rings. The van der Waals surface area contributed by atoms with Crippen molar-refractivity contribution in [2.75, 3.05) is 37.2 Å². The molecule has 0 aromatic heterocycles. The number of rotatable bonds is 10. The van der Waals surface area contributed by atoms with Gasteiger partial charge in [0, 0.05) is 18.4 Å². The van der Waals surface area contributed by atoms with E-state index < -0.39 is 15.8 Å². The van der Waals surface area contributed by atoms with Gasteiger partial charge in [-0.05, 0) is 24.9 Å². The lowest BCUT2D eigenvalue weighted by molar-refractivity contribution is -0.138. The second-order valence-electron chi connectivity index (χ2n) is 4.07. The number of thioether (sulfide) groups is 1. The minimum Gasteiger partial charge on any atom is -0.463 e. The minimum atomic E-state index is -2.95. The monoisotopic (exact) mass is 352 g/mol. The molecule has 128 valence electrons. The van der Waals surface area contributed by atoms with Crippen molar-refractivity contribution >= 4 is 33.5 Å². The summed E-state index contributed by atoms with van der Waals surface area (Å²) in [6.45, 7) is 7.10. The number of carbonyl (C=O) groups excluding carboxylic acids is 2. The molecule has 0 amide bonds. The predicted molar refractivity (Wildman–Crippen MR) is 89.6 cm³/mol. The van der Waals surface area contributed by atoms with Crippen molar-refractivity contribution in [1.82, 2.24) is 0 Å². The van der Waals surface area contributed by atoms with Gasteiger partial charge in [0.2, 0.25) is 0 Å². The molecule has 0 heterocycles. The summed E-state index contributed by atoms with van der Waals surface area (Å²) in [5.41, 5.74) is 0. The van der Waals surface area contributed by atoms with Crippen molar-refractivity contribution in [2.45, 2.75) is 12.8 Å². The first kappa shape index (κ1) is 23.0. The highest BCUT2D eigenvalue weighted by Crippen LogP contribution is 1.95. The summed E-state index contributed by atoms with van der Waals surface area (Å²) < 4.78 is 30.5. The normalized spacial score (nSPS) is 9.91. The molecule has 8 heteroatoms. The summed E-state index contributed by atoms with van der Waals surface area (Å²) in [4.78, 5) is 20.9. The number of carbonyl (C=O) groups is 2. The van der Waals surface area contributed by atoms with Gasteiger partial charge < -0.3 is 9.47 Å². The van der Waals surface area contributed by atoms with Crippen LogP contribution in [-0.4, -0.2) is 57.6 Å². The van der Waals surface area contributed by atoms with Crippen LogP contribution < -0.4 is 0 Å². The summed E-state index contributed by atoms with van der Waals surface area (Å²) in [7, 11) is -2.95. The second-order valence-corrected chi connectivity index (χ2v) is 7.32. The zero-order valence-corrected chi connectivity index (χ0v) is 14.7. The van der Waals surface area contributed by atoms with Crippen LogP contribution in [0.2, 0.25) is 0 Å². The molecule has 0 aromatic rings. The molecule has 6 nitrogen and oxygen atoms in total. The van der Waals surface area contributed by atoms with E-state index in [1.807, 2.05) is 6.26 Å². The Hall–Kier alpha value is -1.28. The Kier molecular flexibility index (Phi) is 15.3. The van der Waals surface area contributed by atoms with Gasteiger partial charge in [-0.2, -0.15) is 11.8 Å². The van der Waals surface area contributed by atoms with Gasteiger partial charge in [-0.15, -0.1) is 0 Å². The molecule has 0 aromatic carbocycles. The molecule has 22 heavy (non-hydrogen) atoms. The topological polar surface area (TPSA) is 86.7 Å². The molecule has 0 aliphatic carbocycles. The maximum absolute atomic E-state index is 10.6. The van der Waals surface area contributed by atoms with Crippen molar-refractivity contribution in [2.24, 2.45) is 0 Å². The van der Waals surface area contributed by atoms with Crippen molar-refractivity contribution in [3.8, 4) is 0 Å². The van der Waals surface area contributed by atoms with E-state index in [0.717, 1.165) is 24.5 Å². The largest absolute Gasteiger partial charge is 0.463 e. The molecule has 0 spiro atoms. The Morgan fingerprint density at radius 1 is 1.05 bits per heavy atom. The van der Waals surface area contributed by atoms with E-state index in [2.05, 4.69) is 17.9 Å². The average Bonchev–Trinajstić information content (AvgIpc) is 2.47. The molecule has 0 saturated heterocycles. The van der Waals surface area contributed by atoms with E-state index in [-0.39, 0.29) is 18.3 Å². The smallest absolute Gasteiger partial charge is 0.330 e. The SMILES string of the molecule is C=CC(=O)OCCCS(C)(=O)=O.C=CC(=O)OCCCSC. The predicted octanol–water partition coefficient (Wildman–Crippen LogP) is 1.62. The fourth-order valence-corrected chi connectivity index (χ4v) is 2.04. The summed E-state index contributed by atoms with van der Waals surface area (Å²) in [6.07, 6.45) is 6.64. The average molecular weight is 352 g/mol. The van der Waals surface area contributed by atoms with Crippen molar-refractivity contribution < 1.29 is 27.5 Å². The fraction of sp³-hybridized carbons (Fsp3) is 0.571. The Balaban J connectivity index is 0. The van der Waals surface area contributed by atoms with Crippen molar-refractivity contribution in [1.29, 1.82) is 0 Å². The van der Waals surface area contributed by atoms with Crippen LogP contribution in [-0.2, 0) is 28.9 Å². The first-order valence-electron chi connectivity index (χ1n) is 6.51. The molecule has 0 aliphatic heterocycles. The molecule has 0 bridgehead atoms. The van der Waals surface area contributed by atoms with Crippen LogP contribution >= 0.6 is 11.8 Å². The summed E-state index contributed by atoms with van der Waals surface area (Å²) >= 11 is 1.74. The first-order valence-corrected chi connectivity index (χ1v) is 9.97. The van der Waals surface area contributed by atoms with Crippen molar-refractivity contribution in [3.63, 3.8) is 0 Å². The van der Waals surface area contributed by atoms with Gasteiger partial charge in [0.15, 0.2) is 0 Å². The number of esters is 2. The highest BCUT2D eigenvalue weighted by atomic mass is 32.2. The maximum atomic E-state index is 10.6. The van der Waals surface area contributed by atoms with Crippen LogP contribution in [0.15, 0.2) is 25.3 Å². The van der Waals surface area contributed by atoms with E-state index in [4.69, 9.17) is 4.74 Å². The van der Waals surface area contributed by atoms with E-state index in [9.17, 15) is 18.0 Å². The van der Waals surface area contributed by atoms with Gasteiger partial charge in [-0.3, -0.25) is 0 Å². The highest BCUT2D eigenvalue weighted by Gasteiger charge is 2.02. The van der Waals surface area contributed by atoms with Crippen LogP contribution in [0.3, 0.4) is 0 Å². The van der Waals surface area contributed by atoms with E-state index in [0.29, 0.717) is 13.0 Å². The van der Waals surface area contributed by atoms with Gasteiger partial charge in [0.25, 0.3) is 0 Å². The molecular weight excluding hydrogens is 328 g/mol. The second kappa shape index (κ2) is 14.6. The molecule has 0 radical (unpaired) electrons. The standard InChI is InChI=1S/C7H12O4S.C7H12O2S/c1-3-7(8)11-5-4-6-12(2,9)10;1-3-7(8)9-5-4-6-10-2/h3H,1,4-6H2,2H3;3H,1,4-6H2,2H3. The third-order valence-electron chi connectivity index (χ3n) is 1.97. The number of ether oxygens (including phenoxy) is 2. The van der Waals surface area contributed by atoms with Crippen LogP contribution in [0, 0.1) is 0 Å². The fourth-order valence-electron chi connectivity index (χ4n) is 0.988. The van der Waals surface area contributed by atoms with Crippen LogP contribution in [0.5, 0.6) is 0 Å². The molecule has 0 aliphatic rings. The maximum Gasteiger partial charge on any atom is 0.330 e. The quantitative estimate of drug-likeness (QED) is 0.335. The number of sulfone groups is 1. The van der Waals surface area contributed by atoms with E-state index in [1.165, 1.54) is 6.08 Å². The molecule has 0 rings (SSSR count). The minimum absolute atomic E-state index is 0.0391. The van der Waals surface area contributed by atoms with Gasteiger partial charge in [-0.1, -0.05) is 13.2 Å². The van der Waals surface area contributed by atoms with Gasteiger partial charge in [0.05, 0.1) is 19.0 Å². The third kappa shape index (κ3) is 21.0. The van der Waals surface area contributed by atoms with Crippen LogP contribution in [0.25, 0.3) is 0 Å². The Morgan fingerprint density at radius 3 is 1.86 bits per heavy atom. The lowest BCUT2D eigenvalue weighted by atomic mass is 10.5. The van der Waals surface area contributed by atoms with E-state index >= 15 is 0 Å². The molecular formula is C14H24O6S2. The zero-order chi connectivity index (χ0) is 17.4. The Bertz CT molecular complexity index is 442. The number of hydrogen-bond acceptors (Lipinski definition) is 7. The third-order valence-corrected chi connectivity index (χ3v) is 3.70. The van der Waals surface area contributed by atoms with Gasteiger partial charge >= 0.3 is 11.9 Å². The summed E-state index contributed by atoms with van der Waals surface area (Å²) in [5.74, 6) is 0.214. The zero-order valence-electron chi connectivity index (χ0n) is 13.1. The molecule has 0 atom stereocenters. The number of hydrogen-bond donors (Lipinski definition) is 0. The highest BCUT2D eigenvalue weighted by molar-refractivity contribution is 7.98. The van der Waals surface area contributed by atoms with Crippen LogP contribution in [0.1, 0.15) is 12.8 Å². The van der Waals surface area contributed by atoms with E-state index in [1.54, 1.807) is 11.8 Å². The summed E-state index contributed by atoms with van der Waals surface area (Å²) in [6, 6.07) is 0. The molecule has 0 N–H and O–H groups in total. The van der Waals surface area contributed by atoms with Gasteiger partial charge in [0.1, 0.15) is 9.84 Å². The Labute approximate surface area is 136 Å². The summed E-state index contributed by atoms with van der Waals surface area (Å²) in [5, 5.41) is 0. The Morgan fingerprint density at radius 2 is 1.50 bits per heavy atom. The van der Waals surface area contributed by atoms with Gasteiger partial charge in [-0.25, -0.2) is 18.0 Å². The molecule has 0 unspecified atom stereocenters. The van der Waals surface area contributed by atoms with Crippen LogP contribution in [0.4, 0.5) is 0 Å². The molecule has 0 saturated carbocycles. The lowest BCUT2D eigenvalue weighted by Gasteiger charge is -1.99. The first-order chi connectivity index (χ1) is 10.3. The van der Waals surface area contributed by atoms with Crippen molar-refractivity contribution in [3.05, 3.63) is 25.3 Å².